The lowest BCUT2D eigenvalue weighted by molar-refractivity contribution is -0.152. The van der Waals surface area contributed by atoms with Gasteiger partial charge in [-0.25, -0.2) is 0 Å². The van der Waals surface area contributed by atoms with E-state index in [1.165, 1.54) is 0 Å². The summed E-state index contributed by atoms with van der Waals surface area (Å²) in [5.41, 5.74) is 10.2. The van der Waals surface area contributed by atoms with Gasteiger partial charge in [0.05, 0.1) is 5.92 Å². The van der Waals surface area contributed by atoms with E-state index < -0.39 is 6.10 Å². The molecule has 5 heteroatoms. The maximum Gasteiger partial charge on any atom is 0.309 e. The molecule has 25 heavy (non-hydrogen) atoms. The Bertz CT molecular complexity index is 686. The van der Waals surface area contributed by atoms with Gasteiger partial charge in [-0.05, 0) is 75.6 Å². The Morgan fingerprint density at radius 2 is 1.84 bits per heavy atom. The summed E-state index contributed by atoms with van der Waals surface area (Å²) in [4.78, 5) is 25.2. The lowest BCUT2D eigenvalue weighted by atomic mass is 9.79. The predicted octanol–water partition coefficient (Wildman–Crippen LogP) is 2.62. The number of hydrogen-bond donors (Lipinski definition) is 2. The third kappa shape index (κ3) is 3.77. The van der Waals surface area contributed by atoms with Crippen molar-refractivity contribution in [1.82, 2.24) is 10.9 Å². The van der Waals surface area contributed by atoms with Crippen molar-refractivity contribution in [3.05, 3.63) is 34.4 Å². The summed E-state index contributed by atoms with van der Waals surface area (Å²) in [6, 6.07) is 4.24. The van der Waals surface area contributed by atoms with Crippen molar-refractivity contribution in [3.63, 3.8) is 0 Å². The second kappa shape index (κ2) is 7.26. The van der Waals surface area contributed by atoms with Gasteiger partial charge < -0.3 is 4.74 Å². The number of Topliss-reactive ketones (excluding diaryl/α,β-unsaturated/α-hetero) is 1. The number of ketones is 1. The summed E-state index contributed by atoms with van der Waals surface area (Å²) < 4.78 is 5.54. The molecule has 0 spiro atoms. The molecule has 136 valence electrons. The summed E-state index contributed by atoms with van der Waals surface area (Å²) in [5.74, 6) is 0.115. The number of ether oxygens (including phenoxy) is 1. The highest BCUT2D eigenvalue weighted by Crippen LogP contribution is 2.31. The third-order valence-electron chi connectivity index (χ3n) is 5.75. The summed E-state index contributed by atoms with van der Waals surface area (Å²) in [6.45, 7) is 8.59. The molecule has 1 aromatic rings. The highest BCUT2D eigenvalue weighted by atomic mass is 16.5. The molecule has 0 radical (unpaired) electrons. The molecule has 1 aliphatic carbocycles. The number of hydrogen-bond acceptors (Lipinski definition) is 5. The highest BCUT2D eigenvalue weighted by molar-refractivity contribution is 6.01. The molecular formula is C20H28N2O3. The highest BCUT2D eigenvalue weighted by Gasteiger charge is 2.38. The van der Waals surface area contributed by atoms with Crippen molar-refractivity contribution < 1.29 is 14.3 Å². The molecule has 1 saturated heterocycles. The molecule has 1 saturated carbocycles. The minimum Gasteiger partial charge on any atom is -0.454 e. The van der Waals surface area contributed by atoms with Crippen LogP contribution in [0.25, 0.3) is 0 Å². The zero-order valence-electron chi connectivity index (χ0n) is 15.5. The molecule has 0 bridgehead atoms. The van der Waals surface area contributed by atoms with E-state index in [2.05, 4.69) is 10.9 Å². The van der Waals surface area contributed by atoms with Crippen LogP contribution in [0.3, 0.4) is 0 Å². The van der Waals surface area contributed by atoms with Crippen molar-refractivity contribution in [2.75, 3.05) is 6.54 Å². The van der Waals surface area contributed by atoms with Crippen molar-refractivity contribution in [2.24, 2.45) is 11.8 Å². The fourth-order valence-electron chi connectivity index (χ4n) is 3.96. The Morgan fingerprint density at radius 1 is 1.12 bits per heavy atom. The third-order valence-corrected chi connectivity index (χ3v) is 5.75. The Balaban J connectivity index is 1.63. The molecule has 1 aromatic carbocycles. The van der Waals surface area contributed by atoms with Crippen molar-refractivity contribution in [2.45, 2.75) is 59.1 Å². The number of benzene rings is 1. The van der Waals surface area contributed by atoms with Gasteiger partial charge in [0.25, 0.3) is 0 Å². The maximum atomic E-state index is 12.7. The van der Waals surface area contributed by atoms with E-state index in [1.54, 1.807) is 6.92 Å². The maximum absolute atomic E-state index is 12.7. The molecule has 5 nitrogen and oxygen atoms in total. The quantitative estimate of drug-likeness (QED) is 0.649. The fourth-order valence-corrected chi connectivity index (χ4v) is 3.96. The average Bonchev–Trinajstić information content (AvgIpc) is 3.05. The number of rotatable bonds is 4. The Morgan fingerprint density at radius 3 is 2.60 bits per heavy atom. The Labute approximate surface area is 149 Å². The van der Waals surface area contributed by atoms with Crippen LogP contribution in [-0.4, -0.2) is 30.4 Å². The van der Waals surface area contributed by atoms with Gasteiger partial charge in [0.15, 0.2) is 6.10 Å². The summed E-state index contributed by atoms with van der Waals surface area (Å²) in [5, 5.41) is 0. The topological polar surface area (TPSA) is 67.4 Å². The summed E-state index contributed by atoms with van der Waals surface area (Å²) in [6.07, 6.45) is 1.89. The number of nitrogens with one attached hydrogen (secondary N) is 2. The molecule has 0 aromatic heterocycles. The largest absolute Gasteiger partial charge is 0.454 e. The van der Waals surface area contributed by atoms with Crippen LogP contribution in [0.5, 0.6) is 0 Å². The second-order valence-corrected chi connectivity index (χ2v) is 7.60. The van der Waals surface area contributed by atoms with Crippen LogP contribution in [0, 0.1) is 32.6 Å². The Hall–Kier alpha value is -1.72. The van der Waals surface area contributed by atoms with Crippen molar-refractivity contribution >= 4 is 11.8 Å². The van der Waals surface area contributed by atoms with Crippen molar-refractivity contribution in [3.8, 4) is 0 Å². The van der Waals surface area contributed by atoms with E-state index in [0.29, 0.717) is 17.5 Å². The SMILES string of the molecule is Cc1cc(C)c(C(=O)C(C)OC(=O)C2CCC3CNNC3C2)cc1C. The standard InChI is InChI=1S/C20H28N2O3/c1-11-7-13(3)17(8-12(11)2)19(23)14(4)25-20(24)15-5-6-16-10-21-22-18(16)9-15/h7-8,14-16,18,21-22H,5-6,9-10H2,1-4H3. The first kappa shape index (κ1) is 18.1. The van der Waals surface area contributed by atoms with Gasteiger partial charge in [0, 0.05) is 18.2 Å². The summed E-state index contributed by atoms with van der Waals surface area (Å²) >= 11 is 0. The van der Waals surface area contributed by atoms with Gasteiger partial charge in [-0.2, -0.15) is 0 Å². The fraction of sp³-hybridized carbons (Fsp3) is 0.600. The van der Waals surface area contributed by atoms with Crippen LogP contribution in [-0.2, 0) is 9.53 Å². The van der Waals surface area contributed by atoms with E-state index >= 15 is 0 Å². The van der Waals surface area contributed by atoms with E-state index in [0.717, 1.165) is 42.5 Å². The average molecular weight is 344 g/mol. The molecule has 0 amide bonds. The minimum absolute atomic E-state index is 0.121. The lowest BCUT2D eigenvalue weighted by Gasteiger charge is -2.30. The smallest absolute Gasteiger partial charge is 0.309 e. The molecule has 1 heterocycles. The number of carbonyl (C=O) groups is 2. The molecule has 4 unspecified atom stereocenters. The van der Waals surface area contributed by atoms with Gasteiger partial charge in [-0.3, -0.25) is 20.4 Å². The van der Waals surface area contributed by atoms with Crippen LogP contribution in [0.15, 0.2) is 12.1 Å². The number of carbonyl (C=O) groups excluding carboxylic acids is 2. The van der Waals surface area contributed by atoms with Gasteiger partial charge >= 0.3 is 5.97 Å². The van der Waals surface area contributed by atoms with Crippen LogP contribution >= 0.6 is 0 Å². The normalized spacial score (nSPS) is 26.8. The zero-order chi connectivity index (χ0) is 18.1. The van der Waals surface area contributed by atoms with E-state index in [1.807, 2.05) is 32.9 Å². The van der Waals surface area contributed by atoms with Crippen LogP contribution in [0.1, 0.15) is 53.2 Å². The molecule has 3 rings (SSSR count). The number of hydrazine groups is 1. The molecular weight excluding hydrogens is 316 g/mol. The predicted molar refractivity (Wildman–Crippen MR) is 96.3 cm³/mol. The van der Waals surface area contributed by atoms with E-state index in [4.69, 9.17) is 4.74 Å². The van der Waals surface area contributed by atoms with E-state index in [9.17, 15) is 9.59 Å². The molecule has 2 aliphatic rings. The minimum atomic E-state index is -0.749. The number of aryl methyl sites for hydroxylation is 3. The molecule has 4 atom stereocenters. The van der Waals surface area contributed by atoms with Crippen LogP contribution in [0.4, 0.5) is 0 Å². The van der Waals surface area contributed by atoms with Crippen LogP contribution < -0.4 is 10.9 Å². The molecule has 1 aliphatic heterocycles. The lowest BCUT2D eigenvalue weighted by Crippen LogP contribution is -2.39. The number of fused-ring (bicyclic) bond motifs is 1. The van der Waals surface area contributed by atoms with Gasteiger partial charge in [0.1, 0.15) is 0 Å². The van der Waals surface area contributed by atoms with Crippen LogP contribution in [0.2, 0.25) is 0 Å². The van der Waals surface area contributed by atoms with Gasteiger partial charge in [-0.1, -0.05) is 6.07 Å². The summed E-state index contributed by atoms with van der Waals surface area (Å²) in [7, 11) is 0. The molecule has 2 fully saturated rings. The van der Waals surface area contributed by atoms with Gasteiger partial charge in [-0.15, -0.1) is 0 Å². The Kier molecular flexibility index (Phi) is 5.25. The van der Waals surface area contributed by atoms with Crippen molar-refractivity contribution in [1.29, 1.82) is 0 Å². The zero-order valence-corrected chi connectivity index (χ0v) is 15.5. The first-order valence-electron chi connectivity index (χ1n) is 9.17. The van der Waals surface area contributed by atoms with Gasteiger partial charge in [0.2, 0.25) is 5.78 Å². The first-order valence-corrected chi connectivity index (χ1v) is 9.17. The second-order valence-electron chi connectivity index (χ2n) is 7.60. The first-order chi connectivity index (χ1) is 11.9. The molecule has 2 N–H and O–H groups in total. The number of esters is 1. The monoisotopic (exact) mass is 344 g/mol. The van der Waals surface area contributed by atoms with E-state index in [-0.39, 0.29) is 17.7 Å².